The second-order valence-electron chi connectivity index (χ2n) is 8.81. The summed E-state index contributed by atoms with van der Waals surface area (Å²) in [5, 5.41) is 3.40. The maximum Gasteiger partial charge on any atom is 0.246 e. The average molecular weight is 456 g/mol. The van der Waals surface area contributed by atoms with Crippen LogP contribution in [0.25, 0.3) is 17.1 Å². The van der Waals surface area contributed by atoms with E-state index in [0.717, 1.165) is 28.9 Å². The van der Waals surface area contributed by atoms with Crippen molar-refractivity contribution in [3.05, 3.63) is 60.6 Å². The molecule has 1 aliphatic carbocycles. The molecule has 1 aromatic carbocycles. The lowest BCUT2D eigenvalue weighted by molar-refractivity contribution is -0.125. The van der Waals surface area contributed by atoms with Crippen molar-refractivity contribution in [2.75, 3.05) is 23.8 Å². The van der Waals surface area contributed by atoms with Crippen LogP contribution in [0.5, 0.6) is 5.88 Å². The molecule has 0 bridgehead atoms. The summed E-state index contributed by atoms with van der Waals surface area (Å²) in [6.07, 6.45) is 8.19. The molecule has 6 rings (SSSR count). The standard InChI is InChI=1S/C25H25N7O2/c1-2-23(33)32-10-9-18(13-32)34-22-8-7-20-24(29-22)25(27-14-26-20)28-17-5-6-19-16(11-17)12-21(31-30-19)15-3-4-15/h2,5-8,11-12,14-15,18,30-31H,1,3-4,9-10,13H2,(H,26,27,28)/t18-/m0/s1. The number of hydrogen-bond acceptors (Lipinski definition) is 8. The number of anilines is 3. The number of rotatable bonds is 6. The smallest absolute Gasteiger partial charge is 0.246 e. The minimum atomic E-state index is -0.107. The fourth-order valence-corrected chi connectivity index (χ4v) is 4.37. The fraction of sp³-hybridized carbons (Fsp3) is 0.280. The van der Waals surface area contributed by atoms with E-state index >= 15 is 0 Å². The summed E-state index contributed by atoms with van der Waals surface area (Å²) < 4.78 is 6.08. The van der Waals surface area contributed by atoms with E-state index in [2.05, 4.69) is 49.8 Å². The van der Waals surface area contributed by atoms with Gasteiger partial charge in [0, 0.05) is 41.9 Å². The van der Waals surface area contributed by atoms with Gasteiger partial charge in [0.15, 0.2) is 5.82 Å². The summed E-state index contributed by atoms with van der Waals surface area (Å²) in [7, 11) is 0. The Hall–Kier alpha value is -4.14. The lowest BCUT2D eigenvalue weighted by atomic mass is 10.1. The molecule has 0 unspecified atom stereocenters. The molecule has 34 heavy (non-hydrogen) atoms. The van der Waals surface area contributed by atoms with Crippen molar-refractivity contribution in [2.24, 2.45) is 5.92 Å². The summed E-state index contributed by atoms with van der Waals surface area (Å²) in [5.74, 6) is 1.65. The molecule has 1 amide bonds. The highest BCUT2D eigenvalue weighted by Gasteiger charge is 2.28. The summed E-state index contributed by atoms with van der Waals surface area (Å²) in [6.45, 7) is 4.73. The molecule has 3 aromatic rings. The molecule has 3 aliphatic rings. The Balaban J connectivity index is 1.24. The van der Waals surface area contributed by atoms with Gasteiger partial charge in [-0.15, -0.1) is 0 Å². The van der Waals surface area contributed by atoms with E-state index in [1.807, 2.05) is 18.2 Å². The zero-order valence-corrected chi connectivity index (χ0v) is 18.6. The van der Waals surface area contributed by atoms with Gasteiger partial charge in [0.2, 0.25) is 11.8 Å². The molecule has 1 saturated heterocycles. The normalized spacial score (nSPS) is 19.0. The van der Waals surface area contributed by atoms with E-state index in [4.69, 9.17) is 4.74 Å². The largest absolute Gasteiger partial charge is 0.472 e. The van der Waals surface area contributed by atoms with Crippen molar-refractivity contribution in [1.29, 1.82) is 0 Å². The molecule has 9 heteroatoms. The minimum Gasteiger partial charge on any atom is -0.472 e. The van der Waals surface area contributed by atoms with E-state index in [0.29, 0.717) is 36.2 Å². The molecule has 2 aromatic heterocycles. The van der Waals surface area contributed by atoms with Gasteiger partial charge in [-0.05, 0) is 49.3 Å². The van der Waals surface area contributed by atoms with Gasteiger partial charge in [0.05, 0.1) is 17.7 Å². The Kier molecular flexibility index (Phi) is 5.01. The van der Waals surface area contributed by atoms with Crippen LogP contribution in [0.4, 0.5) is 17.2 Å². The molecule has 9 nitrogen and oxygen atoms in total. The zero-order valence-electron chi connectivity index (χ0n) is 18.6. The Labute approximate surface area is 196 Å². The molecule has 0 radical (unpaired) electrons. The van der Waals surface area contributed by atoms with E-state index in [1.165, 1.54) is 30.9 Å². The summed E-state index contributed by atoms with van der Waals surface area (Å²) >= 11 is 0. The Morgan fingerprint density at radius 3 is 2.94 bits per heavy atom. The number of fused-ring (bicyclic) bond motifs is 2. The molecular formula is C25H25N7O2. The number of pyridine rings is 1. The van der Waals surface area contributed by atoms with Gasteiger partial charge < -0.3 is 25.8 Å². The number of ether oxygens (including phenoxy) is 1. The van der Waals surface area contributed by atoms with Gasteiger partial charge in [-0.2, -0.15) is 0 Å². The predicted molar refractivity (Wildman–Crippen MR) is 130 cm³/mol. The molecule has 172 valence electrons. The van der Waals surface area contributed by atoms with E-state index < -0.39 is 0 Å². The van der Waals surface area contributed by atoms with Crippen LogP contribution in [0.2, 0.25) is 0 Å². The van der Waals surface area contributed by atoms with E-state index in [-0.39, 0.29) is 12.0 Å². The van der Waals surface area contributed by atoms with Gasteiger partial charge in [-0.25, -0.2) is 15.0 Å². The van der Waals surface area contributed by atoms with E-state index in [9.17, 15) is 4.79 Å². The topological polar surface area (TPSA) is 104 Å². The first kappa shape index (κ1) is 20.5. The monoisotopic (exact) mass is 455 g/mol. The molecule has 1 saturated carbocycles. The summed E-state index contributed by atoms with van der Waals surface area (Å²) in [5.41, 5.74) is 12.2. The number of aromatic nitrogens is 3. The van der Waals surface area contributed by atoms with Crippen molar-refractivity contribution in [3.63, 3.8) is 0 Å². The SMILES string of the molecule is C=CC(=O)N1CC[C@H](Oc2ccc3ncnc(Nc4ccc5c(c4)C=C(C4CC4)NN5)c3n2)C1. The first-order valence-corrected chi connectivity index (χ1v) is 11.5. The Bertz CT molecular complexity index is 1320. The number of allylic oxidation sites excluding steroid dienone is 1. The van der Waals surface area contributed by atoms with Crippen LogP contribution < -0.4 is 20.9 Å². The number of carbonyl (C=O) groups is 1. The second-order valence-corrected chi connectivity index (χ2v) is 8.81. The van der Waals surface area contributed by atoms with Crippen LogP contribution in [-0.2, 0) is 4.79 Å². The molecular weight excluding hydrogens is 430 g/mol. The first-order chi connectivity index (χ1) is 16.7. The van der Waals surface area contributed by atoms with E-state index in [1.54, 1.807) is 11.0 Å². The van der Waals surface area contributed by atoms with Gasteiger partial charge in [-0.3, -0.25) is 4.79 Å². The van der Waals surface area contributed by atoms with Crippen LogP contribution >= 0.6 is 0 Å². The number of hydrazine groups is 1. The highest BCUT2D eigenvalue weighted by Crippen LogP contribution is 2.38. The highest BCUT2D eigenvalue weighted by atomic mass is 16.5. The number of nitrogens with one attached hydrogen (secondary N) is 3. The molecule has 4 heterocycles. The fourth-order valence-electron chi connectivity index (χ4n) is 4.37. The predicted octanol–water partition coefficient (Wildman–Crippen LogP) is 3.62. The second kappa shape index (κ2) is 8.33. The van der Waals surface area contributed by atoms with Crippen LogP contribution in [-0.4, -0.2) is 45.0 Å². The number of nitrogens with zero attached hydrogens (tertiary/aromatic N) is 4. The Morgan fingerprint density at radius 1 is 1.18 bits per heavy atom. The zero-order chi connectivity index (χ0) is 23.1. The van der Waals surface area contributed by atoms with Crippen LogP contribution in [0.15, 0.2) is 55.0 Å². The van der Waals surface area contributed by atoms with Crippen LogP contribution in [0.3, 0.4) is 0 Å². The number of hydrogen-bond donors (Lipinski definition) is 3. The van der Waals surface area contributed by atoms with Crippen molar-refractivity contribution in [3.8, 4) is 5.88 Å². The van der Waals surface area contributed by atoms with Crippen LogP contribution in [0.1, 0.15) is 24.8 Å². The van der Waals surface area contributed by atoms with Crippen molar-refractivity contribution >= 4 is 40.2 Å². The average Bonchev–Trinajstić information content (AvgIpc) is 3.62. The molecule has 0 spiro atoms. The maximum absolute atomic E-state index is 11.8. The lowest BCUT2D eigenvalue weighted by Gasteiger charge is -2.21. The lowest BCUT2D eigenvalue weighted by Crippen LogP contribution is -2.29. The number of benzene rings is 1. The summed E-state index contributed by atoms with van der Waals surface area (Å²) in [4.78, 5) is 27.1. The van der Waals surface area contributed by atoms with Gasteiger partial charge in [0.1, 0.15) is 17.9 Å². The molecule has 2 fully saturated rings. The third-order valence-electron chi connectivity index (χ3n) is 6.36. The van der Waals surface area contributed by atoms with Crippen molar-refractivity contribution in [1.82, 2.24) is 25.3 Å². The first-order valence-electron chi connectivity index (χ1n) is 11.5. The molecule has 2 aliphatic heterocycles. The molecule has 3 N–H and O–H groups in total. The van der Waals surface area contributed by atoms with Gasteiger partial charge >= 0.3 is 0 Å². The third-order valence-corrected chi connectivity index (χ3v) is 6.36. The minimum absolute atomic E-state index is 0.0763. The van der Waals surface area contributed by atoms with Crippen molar-refractivity contribution in [2.45, 2.75) is 25.4 Å². The highest BCUT2D eigenvalue weighted by molar-refractivity contribution is 5.88. The maximum atomic E-state index is 11.8. The van der Waals surface area contributed by atoms with Gasteiger partial charge in [-0.1, -0.05) is 6.58 Å². The number of carbonyl (C=O) groups excluding carboxylic acids is 1. The third kappa shape index (κ3) is 4.00. The number of likely N-dealkylation sites (tertiary alicyclic amines) is 1. The Morgan fingerprint density at radius 2 is 2.09 bits per heavy atom. The summed E-state index contributed by atoms with van der Waals surface area (Å²) in [6, 6.07) is 9.82. The number of amides is 1. The van der Waals surface area contributed by atoms with Crippen molar-refractivity contribution < 1.29 is 9.53 Å². The van der Waals surface area contributed by atoms with Gasteiger partial charge in [0.25, 0.3) is 0 Å². The van der Waals surface area contributed by atoms with Crippen LogP contribution in [0, 0.1) is 5.92 Å². The quantitative estimate of drug-likeness (QED) is 0.484. The molecule has 1 atom stereocenters.